The van der Waals surface area contributed by atoms with Gasteiger partial charge in [0.05, 0.1) is 22.9 Å². The summed E-state index contributed by atoms with van der Waals surface area (Å²) < 4.78 is 2.05. The van der Waals surface area contributed by atoms with Crippen molar-refractivity contribution in [2.75, 3.05) is 0 Å². The minimum atomic E-state index is -0.0685. The van der Waals surface area contributed by atoms with Gasteiger partial charge in [0.1, 0.15) is 5.82 Å². The first-order valence-electron chi connectivity index (χ1n) is 6.05. The van der Waals surface area contributed by atoms with Crippen LogP contribution in [0.3, 0.4) is 0 Å². The van der Waals surface area contributed by atoms with E-state index in [9.17, 15) is 4.79 Å². The molecule has 0 aliphatic rings. The number of fused-ring (bicyclic) bond motifs is 1. The van der Waals surface area contributed by atoms with Gasteiger partial charge >= 0.3 is 0 Å². The molecule has 96 valence electrons. The number of imidazole rings is 2. The highest BCUT2D eigenvalue weighted by atomic mass is 16.1. The van der Waals surface area contributed by atoms with Crippen molar-refractivity contribution in [1.29, 1.82) is 0 Å². The number of carbonyl (C=O) groups is 1. The molecular weight excluding hydrogens is 240 g/mol. The van der Waals surface area contributed by atoms with Crippen molar-refractivity contribution in [2.45, 2.75) is 13.8 Å². The SMILES string of the molecule is CC(=O)c1ncc(-c2ccc3c(c2)nc(C)n3C)[nH]1. The van der Waals surface area contributed by atoms with Gasteiger partial charge < -0.3 is 9.55 Å². The van der Waals surface area contributed by atoms with Gasteiger partial charge in [0, 0.05) is 19.5 Å². The zero-order chi connectivity index (χ0) is 13.6. The summed E-state index contributed by atoms with van der Waals surface area (Å²) in [5.74, 6) is 1.29. The molecule has 0 amide bonds. The van der Waals surface area contributed by atoms with Crippen LogP contribution in [0.2, 0.25) is 0 Å². The van der Waals surface area contributed by atoms with E-state index in [1.54, 1.807) is 6.20 Å². The smallest absolute Gasteiger partial charge is 0.194 e. The topological polar surface area (TPSA) is 63.6 Å². The fraction of sp³-hybridized carbons (Fsp3) is 0.214. The lowest BCUT2D eigenvalue weighted by Crippen LogP contribution is -1.94. The Morgan fingerprint density at radius 1 is 1.37 bits per heavy atom. The minimum Gasteiger partial charge on any atom is -0.336 e. The molecule has 0 saturated carbocycles. The van der Waals surface area contributed by atoms with Crippen LogP contribution in [0.15, 0.2) is 24.4 Å². The lowest BCUT2D eigenvalue weighted by atomic mass is 10.1. The van der Waals surface area contributed by atoms with E-state index in [-0.39, 0.29) is 5.78 Å². The Labute approximate surface area is 110 Å². The number of nitrogens with one attached hydrogen (secondary N) is 1. The summed E-state index contributed by atoms with van der Waals surface area (Å²) in [6, 6.07) is 6.03. The summed E-state index contributed by atoms with van der Waals surface area (Å²) in [6.07, 6.45) is 1.67. The number of carbonyl (C=O) groups excluding carboxylic acids is 1. The van der Waals surface area contributed by atoms with Crippen LogP contribution in [0, 0.1) is 6.92 Å². The predicted molar refractivity (Wildman–Crippen MR) is 73.0 cm³/mol. The molecule has 0 unspecified atom stereocenters. The molecule has 0 radical (unpaired) electrons. The van der Waals surface area contributed by atoms with E-state index in [4.69, 9.17) is 0 Å². The maximum atomic E-state index is 11.2. The van der Waals surface area contributed by atoms with Crippen LogP contribution in [-0.2, 0) is 7.05 Å². The first-order valence-corrected chi connectivity index (χ1v) is 6.05. The molecule has 2 heterocycles. The molecule has 1 aromatic carbocycles. The van der Waals surface area contributed by atoms with Crippen LogP contribution >= 0.6 is 0 Å². The van der Waals surface area contributed by atoms with Crippen molar-refractivity contribution >= 4 is 16.8 Å². The number of nitrogens with zero attached hydrogens (tertiary/aromatic N) is 3. The molecular formula is C14H14N4O. The van der Waals surface area contributed by atoms with Gasteiger partial charge in [0.2, 0.25) is 0 Å². The third kappa shape index (κ3) is 1.83. The summed E-state index contributed by atoms with van der Waals surface area (Å²) in [7, 11) is 1.99. The van der Waals surface area contributed by atoms with E-state index in [1.807, 2.05) is 36.7 Å². The molecule has 0 atom stereocenters. The standard InChI is InChI=1S/C14H14N4O/c1-8(19)14-15-7-12(17-14)10-4-5-13-11(6-10)16-9(2)18(13)3/h4-7H,1-3H3,(H,15,17). The first kappa shape index (κ1) is 11.6. The van der Waals surface area contributed by atoms with Crippen molar-refractivity contribution in [3.8, 4) is 11.3 Å². The van der Waals surface area contributed by atoms with Gasteiger partial charge in [0.15, 0.2) is 11.6 Å². The number of aromatic amines is 1. The average Bonchev–Trinajstić information content (AvgIpc) is 2.96. The molecule has 0 aliphatic heterocycles. The summed E-state index contributed by atoms with van der Waals surface area (Å²) in [4.78, 5) is 22.8. The summed E-state index contributed by atoms with van der Waals surface area (Å²) in [5, 5.41) is 0. The number of hydrogen-bond acceptors (Lipinski definition) is 3. The van der Waals surface area contributed by atoms with E-state index in [1.165, 1.54) is 6.92 Å². The van der Waals surface area contributed by atoms with E-state index < -0.39 is 0 Å². The Hall–Kier alpha value is -2.43. The molecule has 19 heavy (non-hydrogen) atoms. The van der Waals surface area contributed by atoms with Crippen LogP contribution in [-0.4, -0.2) is 25.3 Å². The number of hydrogen-bond donors (Lipinski definition) is 1. The Bertz CT molecular complexity index is 782. The Kier molecular flexibility index (Phi) is 2.48. The molecule has 0 aliphatic carbocycles. The monoisotopic (exact) mass is 254 g/mol. The predicted octanol–water partition coefficient (Wildman–Crippen LogP) is 2.47. The molecule has 0 saturated heterocycles. The Morgan fingerprint density at radius 2 is 2.16 bits per heavy atom. The number of benzene rings is 1. The van der Waals surface area contributed by atoms with Crippen molar-refractivity contribution < 1.29 is 4.79 Å². The molecule has 5 nitrogen and oxygen atoms in total. The van der Waals surface area contributed by atoms with Crippen molar-refractivity contribution in [3.63, 3.8) is 0 Å². The van der Waals surface area contributed by atoms with E-state index >= 15 is 0 Å². The van der Waals surface area contributed by atoms with Crippen LogP contribution in [0.25, 0.3) is 22.3 Å². The third-order valence-electron chi connectivity index (χ3n) is 3.32. The second kappa shape index (κ2) is 4.05. The average molecular weight is 254 g/mol. The van der Waals surface area contributed by atoms with Crippen molar-refractivity contribution in [3.05, 3.63) is 36.0 Å². The molecule has 1 N–H and O–H groups in total. The molecule has 0 fully saturated rings. The van der Waals surface area contributed by atoms with Crippen molar-refractivity contribution in [2.24, 2.45) is 7.05 Å². The van der Waals surface area contributed by atoms with Gasteiger partial charge in [0.25, 0.3) is 0 Å². The number of H-pyrrole nitrogens is 1. The zero-order valence-electron chi connectivity index (χ0n) is 11.1. The highest BCUT2D eigenvalue weighted by molar-refractivity contribution is 5.91. The Balaban J connectivity index is 2.12. The van der Waals surface area contributed by atoms with Gasteiger partial charge in [-0.05, 0) is 19.1 Å². The number of Topliss-reactive ketones (excluding diaryl/α,β-unsaturated/α-hetero) is 1. The fourth-order valence-corrected chi connectivity index (χ4v) is 2.13. The van der Waals surface area contributed by atoms with Crippen LogP contribution in [0.4, 0.5) is 0 Å². The van der Waals surface area contributed by atoms with E-state index in [2.05, 4.69) is 15.0 Å². The molecule has 5 heteroatoms. The highest BCUT2D eigenvalue weighted by Gasteiger charge is 2.09. The second-order valence-corrected chi connectivity index (χ2v) is 4.62. The number of aryl methyl sites for hydroxylation is 2. The number of rotatable bonds is 2. The maximum absolute atomic E-state index is 11.2. The minimum absolute atomic E-state index is 0.0685. The number of ketones is 1. The third-order valence-corrected chi connectivity index (χ3v) is 3.32. The van der Waals surface area contributed by atoms with Crippen LogP contribution in [0.1, 0.15) is 23.4 Å². The molecule has 3 aromatic rings. The molecule has 0 bridgehead atoms. The summed E-state index contributed by atoms with van der Waals surface area (Å²) >= 11 is 0. The van der Waals surface area contributed by atoms with Crippen molar-refractivity contribution in [1.82, 2.24) is 19.5 Å². The van der Waals surface area contributed by atoms with Gasteiger partial charge in [-0.25, -0.2) is 9.97 Å². The maximum Gasteiger partial charge on any atom is 0.194 e. The van der Waals surface area contributed by atoms with Crippen LogP contribution < -0.4 is 0 Å². The summed E-state index contributed by atoms with van der Waals surface area (Å²) in [6.45, 7) is 3.47. The van der Waals surface area contributed by atoms with Gasteiger partial charge in [-0.2, -0.15) is 0 Å². The molecule has 2 aromatic heterocycles. The normalized spacial score (nSPS) is 11.1. The second-order valence-electron chi connectivity index (χ2n) is 4.62. The highest BCUT2D eigenvalue weighted by Crippen LogP contribution is 2.23. The quantitative estimate of drug-likeness (QED) is 0.714. The largest absolute Gasteiger partial charge is 0.336 e. The van der Waals surface area contributed by atoms with Crippen LogP contribution in [0.5, 0.6) is 0 Å². The molecule has 3 rings (SSSR count). The van der Waals surface area contributed by atoms with Gasteiger partial charge in [-0.3, -0.25) is 4.79 Å². The van der Waals surface area contributed by atoms with E-state index in [0.29, 0.717) is 5.82 Å². The van der Waals surface area contributed by atoms with Gasteiger partial charge in [-0.15, -0.1) is 0 Å². The van der Waals surface area contributed by atoms with Gasteiger partial charge in [-0.1, -0.05) is 6.07 Å². The Morgan fingerprint density at radius 3 is 2.84 bits per heavy atom. The zero-order valence-corrected chi connectivity index (χ0v) is 11.1. The number of aromatic nitrogens is 4. The fourth-order valence-electron chi connectivity index (χ4n) is 2.13. The first-order chi connectivity index (χ1) is 9.06. The lowest BCUT2D eigenvalue weighted by molar-refractivity contribution is 0.100. The summed E-state index contributed by atoms with van der Waals surface area (Å²) in [5.41, 5.74) is 3.84. The van der Waals surface area contributed by atoms with E-state index in [0.717, 1.165) is 28.1 Å². The molecule has 0 spiro atoms. The lowest BCUT2D eigenvalue weighted by Gasteiger charge is -1.99.